The Balaban J connectivity index is 1.11. The van der Waals surface area contributed by atoms with Crippen LogP contribution in [0.5, 0.6) is 0 Å². The highest BCUT2D eigenvalue weighted by Gasteiger charge is 2.27. The second kappa shape index (κ2) is 11.3. The quantitative estimate of drug-likeness (QED) is 0.181. The molecule has 0 amide bonds. The van der Waals surface area contributed by atoms with Crippen molar-refractivity contribution in [3.63, 3.8) is 0 Å². The lowest BCUT2D eigenvalue weighted by atomic mass is 10.0. The maximum absolute atomic E-state index is 6.57. The molecule has 1 aliphatic carbocycles. The number of hydrogen-bond donors (Lipinski definition) is 0. The fraction of sp³-hybridized carbons (Fsp3) is 0. The molecule has 14 rings (SSSR count). The molecule has 0 saturated heterocycles. The summed E-state index contributed by atoms with van der Waals surface area (Å²) in [5.74, 6) is 0.566. The van der Waals surface area contributed by atoms with Gasteiger partial charge in [0.15, 0.2) is 0 Å². The number of nitrogens with zero attached hydrogens (tertiary/aromatic N) is 4. The van der Waals surface area contributed by atoms with Gasteiger partial charge in [-0.2, -0.15) is 4.98 Å². The number of furan rings is 1. The Hall–Kier alpha value is -8.02. The number of aromatic nitrogens is 4. The van der Waals surface area contributed by atoms with Crippen molar-refractivity contribution < 1.29 is 4.42 Å². The van der Waals surface area contributed by atoms with Gasteiger partial charge in [0.25, 0.3) is 0 Å². The van der Waals surface area contributed by atoms with Gasteiger partial charge in [0.05, 0.1) is 38.8 Å². The minimum atomic E-state index is 0.564. The van der Waals surface area contributed by atoms with Gasteiger partial charge in [0, 0.05) is 37.9 Å². The molecule has 5 nitrogen and oxygen atoms in total. The molecule has 0 aliphatic heterocycles. The van der Waals surface area contributed by atoms with Crippen molar-refractivity contribution >= 4 is 87.2 Å². The molecule has 0 radical (unpaired) electrons. The highest BCUT2D eigenvalue weighted by Crippen LogP contribution is 2.50. The molecule has 0 fully saturated rings. The lowest BCUT2D eigenvalue weighted by Gasteiger charge is -2.14. The first-order chi connectivity index (χ1) is 29.3. The fourth-order valence-corrected chi connectivity index (χ4v) is 10.2. The van der Waals surface area contributed by atoms with Crippen LogP contribution in [-0.4, -0.2) is 19.1 Å². The lowest BCUT2D eigenvalue weighted by molar-refractivity contribution is 0.651. The van der Waals surface area contributed by atoms with Gasteiger partial charge in [-0.3, -0.25) is 4.57 Å². The summed E-state index contributed by atoms with van der Waals surface area (Å²) in [6, 6.07) is 65.4. The summed E-state index contributed by atoms with van der Waals surface area (Å²) in [5, 5.41) is 11.5. The van der Waals surface area contributed by atoms with Crippen molar-refractivity contribution in [1.29, 1.82) is 0 Å². The van der Waals surface area contributed by atoms with Gasteiger partial charge in [-0.25, -0.2) is 4.98 Å². The van der Waals surface area contributed by atoms with Gasteiger partial charge >= 0.3 is 0 Å². The first kappa shape index (κ1) is 31.1. The van der Waals surface area contributed by atoms with E-state index in [9.17, 15) is 0 Å². The molecule has 0 N–H and O–H groups in total. The van der Waals surface area contributed by atoms with E-state index in [4.69, 9.17) is 14.4 Å². The van der Waals surface area contributed by atoms with Crippen molar-refractivity contribution in [3.8, 4) is 45.1 Å². The Bertz CT molecular complexity index is 3950. The molecule has 1 aliphatic rings. The van der Waals surface area contributed by atoms with Gasteiger partial charge < -0.3 is 8.98 Å². The second-order valence-electron chi connectivity index (χ2n) is 15.7. The Kier molecular flexibility index (Phi) is 5.96. The van der Waals surface area contributed by atoms with Crippen LogP contribution < -0.4 is 0 Å². The molecule has 0 spiro atoms. The van der Waals surface area contributed by atoms with Crippen molar-refractivity contribution in [2.75, 3.05) is 0 Å². The molecule has 13 aromatic rings. The number of fused-ring (bicyclic) bond motifs is 14. The largest absolute Gasteiger partial charge is 0.437 e. The van der Waals surface area contributed by atoms with Crippen LogP contribution in [-0.2, 0) is 0 Å². The SMILES string of the molecule is c1ccc2c(c1)-c1cccc3c(-n4c5ccccc5c5ccc6c(c7ccccc7n6-c6nc(-c7ccc8ccccc8c7)c7c(n6)oc6ccccc67)c54)ccc-2c13. The second-order valence-corrected chi connectivity index (χ2v) is 15.7. The normalized spacial score (nSPS) is 12.4. The van der Waals surface area contributed by atoms with E-state index in [1.807, 2.05) is 18.2 Å². The van der Waals surface area contributed by atoms with E-state index in [-0.39, 0.29) is 0 Å². The van der Waals surface area contributed by atoms with Crippen molar-refractivity contribution in [2.24, 2.45) is 0 Å². The van der Waals surface area contributed by atoms with Crippen molar-refractivity contribution in [2.45, 2.75) is 0 Å². The molecule has 0 unspecified atom stereocenters. The molecule has 4 aromatic heterocycles. The van der Waals surface area contributed by atoms with E-state index >= 15 is 0 Å². The van der Waals surface area contributed by atoms with E-state index in [1.54, 1.807) is 0 Å². The maximum Gasteiger partial charge on any atom is 0.238 e. The van der Waals surface area contributed by atoms with E-state index in [1.165, 1.54) is 54.7 Å². The number of hydrogen-bond acceptors (Lipinski definition) is 3. The van der Waals surface area contributed by atoms with Gasteiger partial charge in [-0.1, -0.05) is 146 Å². The highest BCUT2D eigenvalue weighted by molar-refractivity contribution is 6.27. The summed E-state index contributed by atoms with van der Waals surface area (Å²) in [4.78, 5) is 10.8. The summed E-state index contributed by atoms with van der Waals surface area (Å²) in [7, 11) is 0. The summed E-state index contributed by atoms with van der Waals surface area (Å²) >= 11 is 0. The molecule has 0 saturated carbocycles. The molecule has 272 valence electrons. The zero-order chi connectivity index (χ0) is 38.3. The van der Waals surface area contributed by atoms with E-state index in [2.05, 4.69) is 173 Å². The topological polar surface area (TPSA) is 48.8 Å². The summed E-state index contributed by atoms with van der Waals surface area (Å²) in [6.45, 7) is 0. The van der Waals surface area contributed by atoms with Crippen LogP contribution in [0, 0.1) is 0 Å². The van der Waals surface area contributed by atoms with Crippen LogP contribution in [0.25, 0.3) is 132 Å². The molecular weight excluding hydrogens is 721 g/mol. The third-order valence-corrected chi connectivity index (χ3v) is 12.7. The monoisotopic (exact) mass is 750 g/mol. The first-order valence-electron chi connectivity index (χ1n) is 20.1. The highest BCUT2D eigenvalue weighted by atomic mass is 16.3. The van der Waals surface area contributed by atoms with Gasteiger partial charge in [-0.05, 0) is 74.8 Å². The van der Waals surface area contributed by atoms with Crippen LogP contribution in [0.15, 0.2) is 186 Å². The van der Waals surface area contributed by atoms with Crippen LogP contribution in [0.2, 0.25) is 0 Å². The Morgan fingerprint density at radius 1 is 0.390 bits per heavy atom. The molecule has 4 heterocycles. The number of para-hydroxylation sites is 3. The van der Waals surface area contributed by atoms with Crippen LogP contribution in [0.4, 0.5) is 0 Å². The smallest absolute Gasteiger partial charge is 0.238 e. The summed E-state index contributed by atoms with van der Waals surface area (Å²) < 4.78 is 11.3. The standard InChI is InChI=1S/C54H30N4O/c1-2-13-32-30-33(25-24-31(32)12-1)51-50-42-18-7-10-23-47(42)59-53(50)56-54(55-51)58-44-22-9-6-17-41(44)49-46(58)29-27-39-36-16-5-8-21-43(36)57(52(39)49)45-28-26-38-35-15-4-3-14-34(35)37-19-11-20-40(45)48(37)38/h1-30H. The average molecular weight is 751 g/mol. The Morgan fingerprint density at radius 3 is 1.93 bits per heavy atom. The zero-order valence-corrected chi connectivity index (χ0v) is 31.5. The molecule has 0 atom stereocenters. The third-order valence-electron chi connectivity index (χ3n) is 12.7. The van der Waals surface area contributed by atoms with Crippen LogP contribution >= 0.6 is 0 Å². The minimum Gasteiger partial charge on any atom is -0.437 e. The van der Waals surface area contributed by atoms with Crippen molar-refractivity contribution in [1.82, 2.24) is 19.1 Å². The van der Waals surface area contributed by atoms with Crippen LogP contribution in [0.3, 0.4) is 0 Å². The zero-order valence-electron chi connectivity index (χ0n) is 31.5. The third kappa shape index (κ3) is 4.08. The van der Waals surface area contributed by atoms with E-state index in [0.717, 1.165) is 66.0 Å². The molecule has 5 heteroatoms. The van der Waals surface area contributed by atoms with Crippen LogP contribution in [0.1, 0.15) is 0 Å². The summed E-state index contributed by atoms with van der Waals surface area (Å²) in [6.07, 6.45) is 0. The Labute approximate surface area is 336 Å². The molecule has 9 aromatic carbocycles. The predicted molar refractivity (Wildman–Crippen MR) is 243 cm³/mol. The van der Waals surface area contributed by atoms with Gasteiger partial charge in [0.2, 0.25) is 11.7 Å². The molecule has 59 heavy (non-hydrogen) atoms. The number of benzene rings is 9. The maximum atomic E-state index is 6.57. The number of rotatable bonds is 3. The molecule has 0 bridgehead atoms. The van der Waals surface area contributed by atoms with E-state index < -0.39 is 0 Å². The predicted octanol–water partition coefficient (Wildman–Crippen LogP) is 14.2. The summed E-state index contributed by atoms with van der Waals surface area (Å²) in [5.41, 5.74) is 13.9. The first-order valence-corrected chi connectivity index (χ1v) is 20.1. The minimum absolute atomic E-state index is 0.564. The van der Waals surface area contributed by atoms with Gasteiger partial charge in [0.1, 0.15) is 5.58 Å². The van der Waals surface area contributed by atoms with E-state index in [0.29, 0.717) is 11.7 Å². The lowest BCUT2D eigenvalue weighted by Crippen LogP contribution is -2.03. The fourth-order valence-electron chi connectivity index (χ4n) is 10.2. The average Bonchev–Trinajstić information content (AvgIpc) is 4.03. The Morgan fingerprint density at radius 2 is 1.07 bits per heavy atom. The van der Waals surface area contributed by atoms with Crippen molar-refractivity contribution in [3.05, 3.63) is 182 Å². The molecular formula is C54H30N4O. The van der Waals surface area contributed by atoms with Gasteiger partial charge in [-0.15, -0.1) is 0 Å².